The molecule has 0 fully saturated rings. The molecule has 7 heteroatoms. The molecule has 0 saturated carbocycles. The second-order valence-corrected chi connectivity index (χ2v) is 12.0. The average molecular weight is 584 g/mol. The van der Waals surface area contributed by atoms with Gasteiger partial charge in [0.2, 0.25) is 0 Å². The van der Waals surface area contributed by atoms with Crippen LogP contribution in [0.1, 0.15) is 156 Å². The average Bonchev–Trinajstić information content (AvgIpc) is 2.95. The van der Waals surface area contributed by atoms with Crippen LogP contribution in [0.4, 0.5) is 0 Å². The number of carbonyl (C=O) groups excluding carboxylic acids is 3. The molecular weight excluding hydrogens is 518 g/mol. The van der Waals surface area contributed by atoms with Gasteiger partial charge < -0.3 is 19.1 Å². The highest BCUT2D eigenvalue weighted by Crippen LogP contribution is 2.21. The summed E-state index contributed by atoms with van der Waals surface area (Å²) in [6.45, 7) is 7.53. The molecule has 2 atom stereocenters. The van der Waals surface area contributed by atoms with Gasteiger partial charge in [0, 0.05) is 19.4 Å². The van der Waals surface area contributed by atoms with E-state index in [0.29, 0.717) is 25.9 Å². The zero-order valence-corrected chi connectivity index (χ0v) is 27.5. The van der Waals surface area contributed by atoms with E-state index in [1.807, 2.05) is 19.0 Å². The lowest BCUT2D eigenvalue weighted by Gasteiger charge is -2.27. The molecule has 242 valence electrons. The van der Waals surface area contributed by atoms with Crippen LogP contribution in [-0.2, 0) is 28.6 Å². The zero-order chi connectivity index (χ0) is 30.6. The Bertz CT molecular complexity index is 612. The molecule has 0 aromatic heterocycles. The van der Waals surface area contributed by atoms with Crippen molar-refractivity contribution >= 4 is 18.4 Å². The van der Waals surface area contributed by atoms with E-state index < -0.39 is 12.2 Å². The van der Waals surface area contributed by atoms with Crippen molar-refractivity contribution in [1.29, 1.82) is 0 Å². The van der Waals surface area contributed by atoms with Gasteiger partial charge in [0.15, 0.2) is 6.10 Å². The monoisotopic (exact) mass is 583 g/mol. The molecule has 0 aliphatic rings. The highest BCUT2D eigenvalue weighted by atomic mass is 16.6. The molecule has 0 N–H and O–H groups in total. The third-order valence-corrected chi connectivity index (χ3v) is 7.81. The van der Waals surface area contributed by atoms with E-state index in [-0.39, 0.29) is 24.5 Å². The van der Waals surface area contributed by atoms with Crippen LogP contribution in [0.15, 0.2) is 0 Å². The number of nitrogens with zero attached hydrogens (tertiary/aromatic N) is 1. The van der Waals surface area contributed by atoms with Crippen molar-refractivity contribution in [3.8, 4) is 0 Å². The quantitative estimate of drug-likeness (QED) is 0.0363. The molecule has 0 amide bonds. The van der Waals surface area contributed by atoms with Gasteiger partial charge in [-0.1, -0.05) is 124 Å². The lowest BCUT2D eigenvalue weighted by atomic mass is 9.94. The molecule has 0 aliphatic carbocycles. The molecule has 0 bridgehead atoms. The lowest BCUT2D eigenvalue weighted by molar-refractivity contribution is -0.171. The summed E-state index contributed by atoms with van der Waals surface area (Å²) in [6, 6.07) is 0. The van der Waals surface area contributed by atoms with Crippen LogP contribution in [0.2, 0.25) is 0 Å². The van der Waals surface area contributed by atoms with E-state index in [4.69, 9.17) is 14.2 Å². The van der Waals surface area contributed by atoms with E-state index in [2.05, 4.69) is 20.8 Å². The highest BCUT2D eigenvalue weighted by Gasteiger charge is 2.30. The Balaban J connectivity index is 5.06. The number of hydrogen-bond acceptors (Lipinski definition) is 7. The summed E-state index contributed by atoms with van der Waals surface area (Å²) in [5.41, 5.74) is 0. The Morgan fingerprint density at radius 3 is 1.63 bits per heavy atom. The molecule has 41 heavy (non-hydrogen) atoms. The van der Waals surface area contributed by atoms with Crippen LogP contribution >= 0.6 is 0 Å². The van der Waals surface area contributed by atoms with E-state index in [1.54, 1.807) is 0 Å². The molecule has 0 aromatic rings. The van der Waals surface area contributed by atoms with Crippen molar-refractivity contribution in [2.24, 2.45) is 5.92 Å². The van der Waals surface area contributed by atoms with Gasteiger partial charge in [-0.05, 0) is 33.4 Å². The number of carbonyl (C=O) groups is 3. The molecule has 0 aliphatic heterocycles. The first-order valence-corrected chi connectivity index (χ1v) is 17.0. The van der Waals surface area contributed by atoms with Gasteiger partial charge in [-0.25, -0.2) is 0 Å². The fraction of sp³-hybridized carbons (Fsp3) is 0.912. The van der Waals surface area contributed by atoms with Crippen LogP contribution in [-0.4, -0.2) is 62.8 Å². The number of hydrogen-bond donors (Lipinski definition) is 0. The molecule has 0 saturated heterocycles. The second-order valence-electron chi connectivity index (χ2n) is 12.0. The van der Waals surface area contributed by atoms with Crippen molar-refractivity contribution in [1.82, 2.24) is 4.90 Å². The van der Waals surface area contributed by atoms with Crippen molar-refractivity contribution < 1.29 is 28.6 Å². The molecule has 0 heterocycles. The van der Waals surface area contributed by atoms with Gasteiger partial charge in [-0.15, -0.1) is 0 Å². The van der Waals surface area contributed by atoms with Gasteiger partial charge in [0.25, 0.3) is 6.47 Å². The second kappa shape index (κ2) is 28.5. The van der Waals surface area contributed by atoms with Gasteiger partial charge in [0.1, 0.15) is 12.7 Å². The van der Waals surface area contributed by atoms with Crippen LogP contribution < -0.4 is 0 Å². The van der Waals surface area contributed by atoms with Crippen molar-refractivity contribution in [2.75, 3.05) is 27.2 Å². The number of ether oxygens (including phenoxy) is 3. The lowest BCUT2D eigenvalue weighted by Crippen LogP contribution is -2.40. The normalized spacial score (nSPS) is 12.9. The number of rotatable bonds is 30. The van der Waals surface area contributed by atoms with E-state index in [1.165, 1.54) is 64.2 Å². The van der Waals surface area contributed by atoms with E-state index in [0.717, 1.165) is 57.8 Å². The largest absolute Gasteiger partial charge is 0.461 e. The van der Waals surface area contributed by atoms with E-state index >= 15 is 0 Å². The molecule has 0 spiro atoms. The topological polar surface area (TPSA) is 82.1 Å². The van der Waals surface area contributed by atoms with Gasteiger partial charge in [-0.3, -0.25) is 14.4 Å². The Labute approximate surface area is 252 Å². The molecule has 0 radical (unpaired) electrons. The summed E-state index contributed by atoms with van der Waals surface area (Å²) in [7, 11) is 3.89. The third kappa shape index (κ3) is 23.6. The van der Waals surface area contributed by atoms with Gasteiger partial charge in [-0.2, -0.15) is 0 Å². The zero-order valence-electron chi connectivity index (χ0n) is 27.5. The summed E-state index contributed by atoms with van der Waals surface area (Å²) in [5.74, 6) is -0.656. The van der Waals surface area contributed by atoms with Crippen LogP contribution in [0.25, 0.3) is 0 Å². The SMILES string of the molecule is CCCCCCCCCC(=O)OC(CCN(C)C)C(COC(=O)C(CCCCCCC)CCCCCCC)OC=O. The standard InChI is InChI=1S/C34H65NO6/c1-6-9-12-15-16-19-22-25-33(37)41-31(26-27-35(4)5)32(40-29-36)28-39-34(38)30(23-20-17-13-10-7-2)24-21-18-14-11-8-3/h29-32H,6-28H2,1-5H3. The van der Waals surface area contributed by atoms with Crippen molar-refractivity contribution in [3.63, 3.8) is 0 Å². The first kappa shape index (κ1) is 39.4. The fourth-order valence-electron chi connectivity index (χ4n) is 5.12. The molecule has 0 rings (SSSR count). The predicted octanol–water partition coefficient (Wildman–Crippen LogP) is 8.41. The van der Waals surface area contributed by atoms with Crippen molar-refractivity contribution in [2.45, 2.75) is 168 Å². The Morgan fingerprint density at radius 2 is 1.15 bits per heavy atom. The maximum absolute atomic E-state index is 13.2. The Kier molecular flexibility index (Phi) is 27.4. The molecule has 2 unspecified atom stereocenters. The number of unbranched alkanes of at least 4 members (excludes halogenated alkanes) is 14. The summed E-state index contributed by atoms with van der Waals surface area (Å²) >= 11 is 0. The minimum atomic E-state index is -0.816. The fourth-order valence-corrected chi connectivity index (χ4v) is 5.12. The summed E-state index contributed by atoms with van der Waals surface area (Å²) in [6.07, 6.45) is 20.4. The Hall–Kier alpha value is -1.63. The van der Waals surface area contributed by atoms with Crippen molar-refractivity contribution in [3.05, 3.63) is 0 Å². The van der Waals surface area contributed by atoms with Gasteiger partial charge >= 0.3 is 11.9 Å². The van der Waals surface area contributed by atoms with Crippen LogP contribution in [0, 0.1) is 5.92 Å². The first-order valence-electron chi connectivity index (χ1n) is 17.0. The predicted molar refractivity (Wildman–Crippen MR) is 168 cm³/mol. The minimum absolute atomic E-state index is 0.0947. The maximum Gasteiger partial charge on any atom is 0.309 e. The third-order valence-electron chi connectivity index (χ3n) is 7.81. The summed E-state index contributed by atoms with van der Waals surface area (Å²) in [5, 5.41) is 0. The van der Waals surface area contributed by atoms with Gasteiger partial charge in [0.05, 0.1) is 5.92 Å². The Morgan fingerprint density at radius 1 is 0.659 bits per heavy atom. The smallest absolute Gasteiger partial charge is 0.309 e. The molecule has 0 aromatic carbocycles. The highest BCUT2D eigenvalue weighted by molar-refractivity contribution is 5.72. The van der Waals surface area contributed by atoms with Crippen LogP contribution in [0.3, 0.4) is 0 Å². The molecule has 7 nitrogen and oxygen atoms in total. The van der Waals surface area contributed by atoms with Crippen LogP contribution in [0.5, 0.6) is 0 Å². The summed E-state index contributed by atoms with van der Waals surface area (Å²) in [4.78, 5) is 39.3. The maximum atomic E-state index is 13.2. The molecular formula is C34H65NO6. The van der Waals surface area contributed by atoms with E-state index in [9.17, 15) is 14.4 Å². The minimum Gasteiger partial charge on any atom is -0.461 e. The number of esters is 2. The first-order chi connectivity index (χ1) is 19.9. The summed E-state index contributed by atoms with van der Waals surface area (Å²) < 4.78 is 16.9.